The summed E-state index contributed by atoms with van der Waals surface area (Å²) in [6.07, 6.45) is 0. The van der Waals surface area contributed by atoms with Crippen LogP contribution in [0.5, 0.6) is 0 Å². The van der Waals surface area contributed by atoms with Gasteiger partial charge in [-0.25, -0.2) is 0 Å². The van der Waals surface area contributed by atoms with Crippen molar-refractivity contribution < 1.29 is 0 Å². The minimum atomic E-state index is -0.331. The Labute approximate surface area is 298 Å². The van der Waals surface area contributed by atoms with Gasteiger partial charge < -0.3 is 10.3 Å². The van der Waals surface area contributed by atoms with E-state index >= 15 is 0 Å². The van der Waals surface area contributed by atoms with Gasteiger partial charge in [0, 0.05) is 33.2 Å². The van der Waals surface area contributed by atoms with Gasteiger partial charge in [-0.1, -0.05) is 182 Å². The second kappa shape index (κ2) is 13.1. The topological polar surface area (TPSA) is 30.9 Å². The Morgan fingerprint density at radius 3 is 1.27 bits per heavy atom. The third-order valence-corrected chi connectivity index (χ3v) is 10.0. The van der Waals surface area contributed by atoms with Crippen LogP contribution >= 0.6 is 0 Å². The fourth-order valence-corrected chi connectivity index (χ4v) is 7.85. The summed E-state index contributed by atoms with van der Waals surface area (Å²) in [6, 6.07) is 71.2. The van der Waals surface area contributed by atoms with E-state index in [2.05, 4.69) is 205 Å². The van der Waals surface area contributed by atoms with Crippen LogP contribution in [0.4, 0.5) is 0 Å². The summed E-state index contributed by atoms with van der Waals surface area (Å²) < 4.78 is 2.47. The molecule has 0 amide bonds. The van der Waals surface area contributed by atoms with Crippen molar-refractivity contribution in [1.82, 2.24) is 4.57 Å². The highest BCUT2D eigenvalue weighted by Gasteiger charge is 2.30. The van der Waals surface area contributed by atoms with Crippen LogP contribution in [0.1, 0.15) is 17.2 Å². The maximum Gasteiger partial charge on any atom is 0.0632 e. The van der Waals surface area contributed by atoms with E-state index in [0.717, 1.165) is 39.0 Å². The molecule has 0 bridgehead atoms. The van der Waals surface area contributed by atoms with Crippen molar-refractivity contribution in [2.75, 3.05) is 0 Å². The fraction of sp³-hybridized carbons (Fsp3) is 0.0204. The molecule has 51 heavy (non-hydrogen) atoms. The number of nitrogens with zero attached hydrogens (tertiary/aromatic N) is 1. The second-order valence-corrected chi connectivity index (χ2v) is 13.0. The molecule has 0 radical (unpaired) electrons. The predicted octanol–water partition coefficient (Wildman–Crippen LogP) is 12.5. The SMILES string of the molecule is NC(c1ccccc1)c1cccc2c1c1c(-c3ccccc3)c(-c3ccccc3)c(-c3ccccc3)c(-c3ccccc3)c1n2-c1ccccc1. The number of hydrogen-bond donors (Lipinski definition) is 1. The average molecular weight is 653 g/mol. The lowest BCUT2D eigenvalue weighted by Gasteiger charge is -2.24. The van der Waals surface area contributed by atoms with Gasteiger partial charge in [0.1, 0.15) is 0 Å². The highest BCUT2D eigenvalue weighted by atomic mass is 15.0. The van der Waals surface area contributed by atoms with E-state index in [0.29, 0.717) is 0 Å². The van der Waals surface area contributed by atoms with Crippen LogP contribution in [0, 0.1) is 0 Å². The van der Waals surface area contributed by atoms with Crippen molar-refractivity contribution >= 4 is 21.8 Å². The van der Waals surface area contributed by atoms with E-state index in [1.165, 1.54) is 44.2 Å². The number of para-hydroxylation sites is 1. The zero-order chi connectivity index (χ0) is 34.1. The van der Waals surface area contributed by atoms with Crippen LogP contribution in [0.3, 0.4) is 0 Å². The summed E-state index contributed by atoms with van der Waals surface area (Å²) in [7, 11) is 0. The fourth-order valence-electron chi connectivity index (χ4n) is 7.85. The molecule has 0 saturated carbocycles. The summed E-state index contributed by atoms with van der Waals surface area (Å²) in [6.45, 7) is 0. The maximum atomic E-state index is 7.32. The standard InChI is InChI=1S/C49H36N2/c50-48(38-28-15-5-16-29-38)40-32-19-33-41-46(40)47-44(36-24-11-3-12-25-36)42(34-20-7-1-8-21-34)43(35-22-9-2-10-23-35)45(37-26-13-4-14-27-37)49(47)51(41)39-30-17-6-18-31-39/h1-33,48H,50H2. The molecule has 1 unspecified atom stereocenters. The molecule has 0 aliphatic carbocycles. The van der Waals surface area contributed by atoms with Gasteiger partial charge in [0.2, 0.25) is 0 Å². The van der Waals surface area contributed by atoms with Crippen LogP contribution in [-0.2, 0) is 0 Å². The average Bonchev–Trinajstić information content (AvgIpc) is 3.56. The van der Waals surface area contributed by atoms with Gasteiger partial charge in [-0.3, -0.25) is 0 Å². The van der Waals surface area contributed by atoms with Crippen molar-refractivity contribution in [3.05, 3.63) is 211 Å². The quantitative estimate of drug-likeness (QED) is 0.182. The van der Waals surface area contributed by atoms with Gasteiger partial charge in [0.25, 0.3) is 0 Å². The lowest BCUT2D eigenvalue weighted by molar-refractivity contribution is 0.881. The van der Waals surface area contributed by atoms with Crippen molar-refractivity contribution in [1.29, 1.82) is 0 Å². The molecule has 1 atom stereocenters. The van der Waals surface area contributed by atoms with Crippen molar-refractivity contribution in [2.45, 2.75) is 6.04 Å². The first-order valence-electron chi connectivity index (χ1n) is 17.5. The van der Waals surface area contributed by atoms with E-state index in [9.17, 15) is 0 Å². The Morgan fingerprint density at radius 1 is 0.353 bits per heavy atom. The summed E-state index contributed by atoms with van der Waals surface area (Å²) in [5.74, 6) is 0. The molecule has 0 spiro atoms. The molecule has 2 nitrogen and oxygen atoms in total. The molecule has 0 fully saturated rings. The summed E-state index contributed by atoms with van der Waals surface area (Å²) in [5.41, 5.74) is 22.3. The van der Waals surface area contributed by atoms with Gasteiger partial charge in [-0.05, 0) is 57.1 Å². The minimum absolute atomic E-state index is 0.331. The number of rotatable bonds is 7. The van der Waals surface area contributed by atoms with Crippen molar-refractivity contribution in [3.8, 4) is 50.2 Å². The molecular formula is C49H36N2. The number of nitrogens with two attached hydrogens (primary N) is 1. The Kier molecular flexibility index (Phi) is 7.85. The molecule has 2 heteroatoms. The van der Waals surface area contributed by atoms with Gasteiger partial charge in [0.15, 0.2) is 0 Å². The van der Waals surface area contributed by atoms with Crippen LogP contribution in [-0.4, -0.2) is 4.57 Å². The Hall–Kier alpha value is -6.48. The number of aromatic nitrogens is 1. The number of benzene rings is 8. The first kappa shape index (κ1) is 30.6. The van der Waals surface area contributed by atoms with Gasteiger partial charge in [0.05, 0.1) is 17.1 Å². The van der Waals surface area contributed by atoms with E-state index in [-0.39, 0.29) is 6.04 Å². The van der Waals surface area contributed by atoms with Crippen molar-refractivity contribution in [3.63, 3.8) is 0 Å². The molecule has 0 aliphatic rings. The molecular weight excluding hydrogens is 617 g/mol. The van der Waals surface area contributed by atoms with Crippen LogP contribution in [0.2, 0.25) is 0 Å². The zero-order valence-electron chi connectivity index (χ0n) is 28.2. The van der Waals surface area contributed by atoms with E-state index in [1.807, 2.05) is 0 Å². The molecule has 242 valence electrons. The Balaban J connectivity index is 1.62. The largest absolute Gasteiger partial charge is 0.320 e. The molecule has 0 saturated heterocycles. The van der Waals surface area contributed by atoms with E-state index < -0.39 is 0 Å². The first-order valence-corrected chi connectivity index (χ1v) is 17.5. The number of hydrogen-bond acceptors (Lipinski definition) is 1. The third-order valence-electron chi connectivity index (χ3n) is 10.0. The summed E-state index contributed by atoms with van der Waals surface area (Å²) in [5, 5.41) is 2.36. The molecule has 9 aromatic rings. The second-order valence-electron chi connectivity index (χ2n) is 13.0. The van der Waals surface area contributed by atoms with E-state index in [1.54, 1.807) is 0 Å². The molecule has 8 aromatic carbocycles. The van der Waals surface area contributed by atoms with Gasteiger partial charge in [-0.15, -0.1) is 0 Å². The Morgan fingerprint density at radius 2 is 0.765 bits per heavy atom. The van der Waals surface area contributed by atoms with Crippen LogP contribution in [0.15, 0.2) is 200 Å². The highest BCUT2D eigenvalue weighted by molar-refractivity contribution is 6.27. The molecule has 0 aliphatic heterocycles. The third kappa shape index (κ3) is 5.25. The molecule has 9 rings (SSSR count). The van der Waals surface area contributed by atoms with Crippen LogP contribution < -0.4 is 5.73 Å². The number of fused-ring (bicyclic) bond motifs is 3. The van der Waals surface area contributed by atoms with Crippen LogP contribution in [0.25, 0.3) is 72.0 Å². The normalized spacial score (nSPS) is 11.9. The lowest BCUT2D eigenvalue weighted by Crippen LogP contribution is -2.12. The zero-order valence-corrected chi connectivity index (χ0v) is 28.2. The maximum absolute atomic E-state index is 7.32. The monoisotopic (exact) mass is 652 g/mol. The van der Waals surface area contributed by atoms with Gasteiger partial charge in [-0.2, -0.15) is 0 Å². The summed E-state index contributed by atoms with van der Waals surface area (Å²) in [4.78, 5) is 0. The van der Waals surface area contributed by atoms with E-state index in [4.69, 9.17) is 5.73 Å². The molecule has 1 aromatic heterocycles. The Bertz CT molecular complexity index is 2590. The minimum Gasteiger partial charge on any atom is -0.320 e. The predicted molar refractivity (Wildman–Crippen MR) is 215 cm³/mol. The van der Waals surface area contributed by atoms with Gasteiger partial charge >= 0.3 is 0 Å². The molecule has 1 heterocycles. The van der Waals surface area contributed by atoms with Crippen molar-refractivity contribution in [2.24, 2.45) is 5.73 Å². The first-order chi connectivity index (χ1) is 25.3. The lowest BCUT2D eigenvalue weighted by atomic mass is 9.79. The highest BCUT2D eigenvalue weighted by Crippen LogP contribution is 2.54. The smallest absolute Gasteiger partial charge is 0.0632 e. The summed E-state index contributed by atoms with van der Waals surface area (Å²) >= 11 is 0. The molecule has 2 N–H and O–H groups in total.